The molecule has 3 aromatic rings. The molecule has 0 fully saturated rings. The highest BCUT2D eigenvalue weighted by atomic mass is 35.5. The normalized spacial score (nSPS) is 10.8. The Morgan fingerprint density at radius 2 is 2.20 bits per heavy atom. The molecule has 0 amide bonds. The van der Waals surface area contributed by atoms with Crippen molar-refractivity contribution in [2.24, 2.45) is 0 Å². The molecule has 0 unspecified atom stereocenters. The molecule has 0 N–H and O–H groups in total. The molecule has 0 saturated heterocycles. The number of benzene rings is 1. The van der Waals surface area contributed by atoms with Crippen LogP contribution in [0.25, 0.3) is 4.96 Å². The fourth-order valence-electron chi connectivity index (χ4n) is 2.05. The number of esters is 1. The van der Waals surface area contributed by atoms with Crippen LogP contribution in [0.5, 0.6) is 0 Å². The van der Waals surface area contributed by atoms with Crippen LogP contribution in [0.1, 0.15) is 21.1 Å². The van der Waals surface area contributed by atoms with Gasteiger partial charge in [0.15, 0.2) is 5.01 Å². The van der Waals surface area contributed by atoms with E-state index in [2.05, 4.69) is 10.1 Å². The van der Waals surface area contributed by atoms with E-state index >= 15 is 0 Å². The summed E-state index contributed by atoms with van der Waals surface area (Å²) in [5.74, 6) is -0.912. The van der Waals surface area contributed by atoms with Crippen molar-refractivity contribution in [2.75, 3.05) is 0 Å². The molecule has 0 atom stereocenters. The van der Waals surface area contributed by atoms with Crippen LogP contribution >= 0.6 is 22.9 Å². The summed E-state index contributed by atoms with van der Waals surface area (Å²) in [5.41, 5.74) is -0.467. The molecule has 1 aromatic carbocycles. The number of hydrogen-bond acceptors (Lipinski definition) is 8. The smallest absolute Gasteiger partial charge is 0.345 e. The number of halogens is 1. The Hall–Kier alpha value is -2.85. The van der Waals surface area contributed by atoms with Crippen LogP contribution in [-0.4, -0.2) is 25.5 Å². The fraction of sp³-hybridized carbons (Fsp3) is 0.143. The molecule has 2 heterocycles. The van der Waals surface area contributed by atoms with E-state index in [0.717, 1.165) is 28.0 Å². The highest BCUT2D eigenvalue weighted by molar-refractivity contribution is 7.16. The third-order valence-electron chi connectivity index (χ3n) is 3.12. The van der Waals surface area contributed by atoms with Crippen molar-refractivity contribution in [2.45, 2.75) is 13.5 Å². The minimum absolute atomic E-state index is 0.170. The number of rotatable bonds is 4. The standard InChI is InChI=1S/C14H9ClN4O5S/c1-7-4-12(20)18-14(16-7)25-11(17-18)6-24-13(21)9-5-8(15)2-3-10(9)19(22)23/h2-5H,6H2,1H3. The second-order valence-corrected chi connectivity index (χ2v) is 6.40. The van der Waals surface area contributed by atoms with Crippen molar-refractivity contribution < 1.29 is 14.5 Å². The zero-order valence-corrected chi connectivity index (χ0v) is 14.2. The second kappa shape index (κ2) is 6.57. The number of aryl methyl sites for hydroxylation is 1. The van der Waals surface area contributed by atoms with Crippen molar-refractivity contribution >= 4 is 39.6 Å². The quantitative estimate of drug-likeness (QED) is 0.387. The Kier molecular flexibility index (Phi) is 4.47. The molecule has 128 valence electrons. The maximum Gasteiger partial charge on any atom is 0.345 e. The maximum absolute atomic E-state index is 12.1. The zero-order valence-electron chi connectivity index (χ0n) is 12.6. The molecule has 0 aliphatic carbocycles. The van der Waals surface area contributed by atoms with E-state index in [0.29, 0.717) is 15.7 Å². The number of carbonyl (C=O) groups excluding carboxylic acids is 1. The number of fused-ring (bicyclic) bond motifs is 1. The number of hydrogen-bond donors (Lipinski definition) is 0. The monoisotopic (exact) mass is 380 g/mol. The largest absolute Gasteiger partial charge is 0.454 e. The van der Waals surface area contributed by atoms with Gasteiger partial charge < -0.3 is 4.74 Å². The van der Waals surface area contributed by atoms with Crippen molar-refractivity contribution in [1.29, 1.82) is 0 Å². The molecule has 2 aromatic heterocycles. The van der Waals surface area contributed by atoms with Gasteiger partial charge in [-0.2, -0.15) is 9.61 Å². The average Bonchev–Trinajstić information content (AvgIpc) is 2.95. The van der Waals surface area contributed by atoms with Gasteiger partial charge in [-0.1, -0.05) is 22.9 Å². The second-order valence-electron chi connectivity index (χ2n) is 4.92. The Morgan fingerprint density at radius 3 is 2.92 bits per heavy atom. The lowest BCUT2D eigenvalue weighted by molar-refractivity contribution is -0.385. The van der Waals surface area contributed by atoms with Gasteiger partial charge in [0.25, 0.3) is 11.2 Å². The Morgan fingerprint density at radius 1 is 1.44 bits per heavy atom. The van der Waals surface area contributed by atoms with Crippen LogP contribution in [0.2, 0.25) is 5.02 Å². The van der Waals surface area contributed by atoms with Gasteiger partial charge in [0.2, 0.25) is 4.96 Å². The molecular weight excluding hydrogens is 372 g/mol. The minimum Gasteiger partial charge on any atom is -0.454 e. The summed E-state index contributed by atoms with van der Waals surface area (Å²) in [6.07, 6.45) is 0. The summed E-state index contributed by atoms with van der Waals surface area (Å²) in [5, 5.41) is 15.5. The summed E-state index contributed by atoms with van der Waals surface area (Å²) >= 11 is 6.86. The Balaban J connectivity index is 1.84. The highest BCUT2D eigenvalue weighted by Crippen LogP contribution is 2.24. The Labute approximate surface area is 148 Å². The van der Waals surface area contributed by atoms with E-state index in [-0.39, 0.29) is 22.8 Å². The lowest BCUT2D eigenvalue weighted by Gasteiger charge is -2.04. The van der Waals surface area contributed by atoms with Crippen LogP contribution in [0.15, 0.2) is 29.1 Å². The number of nitro groups is 1. The van der Waals surface area contributed by atoms with Gasteiger partial charge in [-0.15, -0.1) is 0 Å². The molecule has 0 saturated carbocycles. The van der Waals surface area contributed by atoms with Gasteiger partial charge in [-0.3, -0.25) is 14.9 Å². The van der Waals surface area contributed by atoms with Crippen molar-refractivity contribution in [3.8, 4) is 0 Å². The van der Waals surface area contributed by atoms with E-state index in [1.54, 1.807) is 6.92 Å². The topological polar surface area (TPSA) is 117 Å². The molecule has 0 radical (unpaired) electrons. The molecule has 0 aliphatic heterocycles. The molecule has 9 nitrogen and oxygen atoms in total. The molecule has 0 spiro atoms. The van der Waals surface area contributed by atoms with Crippen LogP contribution < -0.4 is 5.56 Å². The highest BCUT2D eigenvalue weighted by Gasteiger charge is 2.22. The zero-order chi connectivity index (χ0) is 18.1. The molecule has 25 heavy (non-hydrogen) atoms. The first kappa shape index (κ1) is 17.0. The van der Waals surface area contributed by atoms with Crippen LogP contribution in [0, 0.1) is 17.0 Å². The number of aromatic nitrogens is 3. The summed E-state index contributed by atoms with van der Waals surface area (Å²) in [4.78, 5) is 38.8. The third-order valence-corrected chi connectivity index (χ3v) is 4.23. The van der Waals surface area contributed by atoms with Gasteiger partial charge in [-0.05, 0) is 19.1 Å². The minimum atomic E-state index is -0.912. The van der Waals surface area contributed by atoms with E-state index in [4.69, 9.17) is 16.3 Å². The predicted octanol–water partition coefficient (Wildman–Crippen LogP) is 2.38. The fourth-order valence-corrected chi connectivity index (χ4v) is 3.08. The molecule has 3 rings (SSSR count). The van der Waals surface area contributed by atoms with E-state index in [9.17, 15) is 19.7 Å². The average molecular weight is 381 g/mol. The van der Waals surface area contributed by atoms with Gasteiger partial charge in [0.1, 0.15) is 12.2 Å². The van der Waals surface area contributed by atoms with E-state index < -0.39 is 16.6 Å². The van der Waals surface area contributed by atoms with Crippen LogP contribution in [0.4, 0.5) is 5.69 Å². The first-order chi connectivity index (χ1) is 11.8. The first-order valence-corrected chi connectivity index (χ1v) is 8.02. The maximum atomic E-state index is 12.1. The third kappa shape index (κ3) is 3.49. The lowest BCUT2D eigenvalue weighted by atomic mass is 10.2. The van der Waals surface area contributed by atoms with Crippen LogP contribution in [-0.2, 0) is 11.3 Å². The SMILES string of the molecule is Cc1cc(=O)n2nc(COC(=O)c3cc(Cl)ccc3[N+](=O)[O-])sc2n1. The predicted molar refractivity (Wildman–Crippen MR) is 89.1 cm³/mol. The first-order valence-electron chi connectivity index (χ1n) is 6.82. The van der Waals surface area contributed by atoms with Gasteiger partial charge >= 0.3 is 5.97 Å². The molecule has 11 heteroatoms. The molecule has 0 bridgehead atoms. The lowest BCUT2D eigenvalue weighted by Crippen LogP contribution is -2.14. The number of carbonyl (C=O) groups is 1. The number of nitro benzene ring substituents is 1. The van der Waals surface area contributed by atoms with Gasteiger partial charge in [0.05, 0.1) is 4.92 Å². The Bertz CT molecular complexity index is 1060. The summed E-state index contributed by atoms with van der Waals surface area (Å²) in [6, 6.07) is 4.93. The number of ether oxygens (including phenoxy) is 1. The van der Waals surface area contributed by atoms with E-state index in [1.165, 1.54) is 12.1 Å². The van der Waals surface area contributed by atoms with Crippen molar-refractivity contribution in [3.63, 3.8) is 0 Å². The molecule has 0 aliphatic rings. The van der Waals surface area contributed by atoms with Crippen molar-refractivity contribution in [3.05, 3.63) is 66.0 Å². The van der Waals surface area contributed by atoms with E-state index in [1.807, 2.05) is 0 Å². The van der Waals surface area contributed by atoms with Gasteiger partial charge in [-0.25, -0.2) is 9.78 Å². The summed E-state index contributed by atoms with van der Waals surface area (Å²) in [7, 11) is 0. The summed E-state index contributed by atoms with van der Waals surface area (Å²) < 4.78 is 6.16. The van der Waals surface area contributed by atoms with Gasteiger partial charge in [0, 0.05) is 22.8 Å². The van der Waals surface area contributed by atoms with Crippen molar-refractivity contribution in [1.82, 2.24) is 14.6 Å². The molecular formula is C14H9ClN4O5S. The summed E-state index contributed by atoms with van der Waals surface area (Å²) in [6.45, 7) is 1.42. The number of nitrogens with zero attached hydrogens (tertiary/aromatic N) is 4. The van der Waals surface area contributed by atoms with Crippen LogP contribution in [0.3, 0.4) is 0 Å².